The Morgan fingerprint density at radius 2 is 1.06 bits per heavy atom. The fourth-order valence-corrected chi connectivity index (χ4v) is 7.37. The summed E-state index contributed by atoms with van der Waals surface area (Å²) in [6, 6.07) is -0.759. The maximum Gasteiger partial charge on any atom is 0.472 e. The molecule has 3 N–H and O–H groups in total. The van der Waals surface area contributed by atoms with Crippen molar-refractivity contribution in [2.45, 2.75) is 225 Å². The Morgan fingerprint density at radius 3 is 1.53 bits per heavy atom. The molecule has 0 saturated heterocycles. The minimum atomic E-state index is -4.31. The topological polar surface area (TPSA) is 105 Å². The second kappa shape index (κ2) is 36.9. The summed E-state index contributed by atoms with van der Waals surface area (Å²) in [4.78, 5) is 23.1. The number of nitrogens with one attached hydrogen (secondary N) is 1. The zero-order chi connectivity index (χ0) is 39.3. The monoisotopic (exact) mass is 774 g/mol. The number of aliphatic hydroxyl groups is 1. The Labute approximate surface area is 329 Å². The van der Waals surface area contributed by atoms with Crippen LogP contribution in [0.5, 0.6) is 0 Å². The zero-order valence-electron chi connectivity index (χ0n) is 35.8. The van der Waals surface area contributed by atoms with Crippen molar-refractivity contribution < 1.29 is 32.9 Å². The van der Waals surface area contributed by atoms with E-state index in [1.54, 1.807) is 0 Å². The number of aliphatic hydroxyl groups excluding tert-OH is 1. The molecule has 8 nitrogen and oxygen atoms in total. The molecule has 0 aliphatic carbocycles. The minimum absolute atomic E-state index is 0.0747. The number of quaternary nitrogens is 1. The van der Waals surface area contributed by atoms with Gasteiger partial charge in [0, 0.05) is 6.42 Å². The Bertz CT molecular complexity index is 880. The summed E-state index contributed by atoms with van der Waals surface area (Å²) in [6.45, 7) is 4.83. The summed E-state index contributed by atoms with van der Waals surface area (Å²) >= 11 is 0. The number of phosphoric acid groups is 1. The van der Waals surface area contributed by atoms with Gasteiger partial charge < -0.3 is 19.8 Å². The van der Waals surface area contributed by atoms with Crippen LogP contribution < -0.4 is 5.32 Å². The van der Waals surface area contributed by atoms with Gasteiger partial charge in [-0.3, -0.25) is 13.8 Å². The first-order chi connectivity index (χ1) is 25.5. The van der Waals surface area contributed by atoms with Gasteiger partial charge in [0.15, 0.2) is 0 Å². The molecule has 0 heterocycles. The van der Waals surface area contributed by atoms with E-state index < -0.39 is 20.0 Å². The van der Waals surface area contributed by atoms with Crippen LogP contribution in [-0.2, 0) is 18.4 Å². The lowest BCUT2D eigenvalue weighted by Gasteiger charge is -2.26. The number of nitrogens with zero attached hydrogens (tertiary/aromatic N) is 1. The molecule has 0 radical (unpaired) electrons. The van der Waals surface area contributed by atoms with Gasteiger partial charge in [-0.2, -0.15) is 0 Å². The van der Waals surface area contributed by atoms with Crippen LogP contribution in [0.3, 0.4) is 0 Å². The Hall–Kier alpha value is -0.760. The van der Waals surface area contributed by atoms with E-state index in [2.05, 4.69) is 31.3 Å². The third kappa shape index (κ3) is 39.3. The lowest BCUT2D eigenvalue weighted by atomic mass is 10.0. The van der Waals surface area contributed by atoms with E-state index in [9.17, 15) is 19.4 Å². The number of rotatable bonds is 41. The van der Waals surface area contributed by atoms with E-state index in [-0.39, 0.29) is 19.1 Å². The molecule has 3 atom stereocenters. The number of amides is 1. The first-order valence-electron chi connectivity index (χ1n) is 22.6. The fraction of sp³-hybridized carbons (Fsp3) is 0.932. The molecule has 9 heteroatoms. The van der Waals surface area contributed by atoms with E-state index in [1.807, 2.05) is 21.1 Å². The van der Waals surface area contributed by atoms with Gasteiger partial charge in [0.1, 0.15) is 13.2 Å². The zero-order valence-corrected chi connectivity index (χ0v) is 36.7. The Balaban J connectivity index is 4.23. The van der Waals surface area contributed by atoms with E-state index >= 15 is 0 Å². The van der Waals surface area contributed by atoms with Crippen molar-refractivity contribution in [3.05, 3.63) is 12.2 Å². The highest BCUT2D eigenvalue weighted by molar-refractivity contribution is 7.47. The second-order valence-corrected chi connectivity index (χ2v) is 18.2. The molecule has 0 spiro atoms. The summed E-state index contributed by atoms with van der Waals surface area (Å²) in [5.41, 5.74) is 0. The summed E-state index contributed by atoms with van der Waals surface area (Å²) in [6.07, 6.45) is 41.0. The number of carbonyl (C=O) groups is 1. The van der Waals surface area contributed by atoms with Crippen molar-refractivity contribution in [1.82, 2.24) is 5.32 Å². The van der Waals surface area contributed by atoms with Gasteiger partial charge in [-0.15, -0.1) is 0 Å². The van der Waals surface area contributed by atoms with Crippen molar-refractivity contribution >= 4 is 13.7 Å². The highest BCUT2D eigenvalue weighted by Crippen LogP contribution is 2.43. The number of carbonyl (C=O) groups excluding carboxylic acids is 1. The van der Waals surface area contributed by atoms with Gasteiger partial charge >= 0.3 is 7.82 Å². The molecule has 0 fully saturated rings. The van der Waals surface area contributed by atoms with Gasteiger partial charge in [-0.05, 0) is 32.1 Å². The van der Waals surface area contributed by atoms with Crippen molar-refractivity contribution in [3.8, 4) is 0 Å². The van der Waals surface area contributed by atoms with E-state index in [0.717, 1.165) is 57.8 Å². The molecular weight excluding hydrogens is 683 g/mol. The van der Waals surface area contributed by atoms with Gasteiger partial charge in [-0.25, -0.2) is 4.57 Å². The lowest BCUT2D eigenvalue weighted by Crippen LogP contribution is -2.46. The second-order valence-electron chi connectivity index (χ2n) is 16.8. The molecule has 0 aromatic heterocycles. The van der Waals surface area contributed by atoms with Crippen LogP contribution in [0.2, 0.25) is 0 Å². The summed E-state index contributed by atoms with van der Waals surface area (Å²) in [5.74, 6) is -0.155. The average Bonchev–Trinajstić information content (AvgIpc) is 3.10. The first kappa shape index (κ1) is 52.2. The summed E-state index contributed by atoms with van der Waals surface area (Å²) in [7, 11) is 1.61. The quantitative estimate of drug-likeness (QED) is 0.0247. The lowest BCUT2D eigenvalue weighted by molar-refractivity contribution is -0.870. The van der Waals surface area contributed by atoms with Gasteiger partial charge in [0.05, 0.1) is 39.9 Å². The molecule has 316 valence electrons. The molecule has 0 bridgehead atoms. The maximum absolute atomic E-state index is 12.8. The van der Waals surface area contributed by atoms with Crippen LogP contribution in [0.25, 0.3) is 0 Å². The molecule has 0 aromatic rings. The molecule has 0 aliphatic heterocycles. The highest BCUT2D eigenvalue weighted by atomic mass is 31.2. The van der Waals surface area contributed by atoms with E-state index in [0.29, 0.717) is 23.9 Å². The van der Waals surface area contributed by atoms with Crippen LogP contribution >= 0.6 is 7.82 Å². The standard InChI is InChI=1S/C44H89N2O6P/c1-6-8-10-12-14-16-18-19-20-21-22-23-24-25-26-27-28-29-31-33-35-37-43(47)42(41-52-53(49,50)51-40-39-46(3,4)5)45-44(48)38-36-34-32-30-17-15-13-11-9-7-2/h11,13,42-43,47H,6-10,12,14-41H2,1-5H3,(H-,45,48,49,50)/p+1/b13-11-. The fourth-order valence-electron chi connectivity index (χ4n) is 6.64. The smallest absolute Gasteiger partial charge is 0.391 e. The van der Waals surface area contributed by atoms with E-state index in [4.69, 9.17) is 9.05 Å². The Morgan fingerprint density at radius 1 is 0.623 bits per heavy atom. The summed E-state index contributed by atoms with van der Waals surface area (Å²) in [5, 5.41) is 13.9. The normalized spacial score (nSPS) is 14.5. The van der Waals surface area contributed by atoms with Gasteiger partial charge in [0.25, 0.3) is 0 Å². The number of likely N-dealkylation sites (N-methyl/N-ethyl adjacent to an activating group) is 1. The SMILES string of the molecule is CCC/C=C\CCCCCCCC(=O)NC(COP(=O)(O)OCC[N+](C)(C)C)C(O)CCCCCCCCCCCCCCCCCCCCCCC. The molecule has 0 aromatic carbocycles. The predicted molar refractivity (Wildman–Crippen MR) is 226 cm³/mol. The van der Waals surface area contributed by atoms with Crippen molar-refractivity contribution in [3.63, 3.8) is 0 Å². The number of hydrogen-bond donors (Lipinski definition) is 3. The molecule has 3 unspecified atom stereocenters. The van der Waals surface area contributed by atoms with Crippen LogP contribution in [0, 0.1) is 0 Å². The third-order valence-corrected chi connectivity index (χ3v) is 11.2. The van der Waals surface area contributed by atoms with Crippen molar-refractivity contribution in [2.75, 3.05) is 40.9 Å². The Kier molecular flexibility index (Phi) is 36.3. The third-order valence-electron chi connectivity index (χ3n) is 10.2. The van der Waals surface area contributed by atoms with Crippen LogP contribution in [-0.4, -0.2) is 73.4 Å². The van der Waals surface area contributed by atoms with Crippen LogP contribution in [0.1, 0.15) is 213 Å². The van der Waals surface area contributed by atoms with Crippen LogP contribution in [0.4, 0.5) is 0 Å². The van der Waals surface area contributed by atoms with Crippen molar-refractivity contribution in [2.24, 2.45) is 0 Å². The number of hydrogen-bond acceptors (Lipinski definition) is 5. The number of unbranched alkanes of at least 4 members (excludes halogenated alkanes) is 26. The molecular formula is C44H90N2O6P+. The predicted octanol–water partition coefficient (Wildman–Crippen LogP) is 12.4. The molecule has 0 rings (SSSR count). The molecule has 53 heavy (non-hydrogen) atoms. The molecule has 1 amide bonds. The summed E-state index contributed by atoms with van der Waals surface area (Å²) < 4.78 is 23.6. The molecule has 0 saturated carbocycles. The average molecular weight is 774 g/mol. The minimum Gasteiger partial charge on any atom is -0.391 e. The van der Waals surface area contributed by atoms with Crippen molar-refractivity contribution in [1.29, 1.82) is 0 Å². The highest BCUT2D eigenvalue weighted by Gasteiger charge is 2.28. The molecule has 0 aliphatic rings. The largest absolute Gasteiger partial charge is 0.472 e. The maximum atomic E-state index is 12.8. The number of allylic oxidation sites excluding steroid dienone is 2. The van der Waals surface area contributed by atoms with Gasteiger partial charge in [0.2, 0.25) is 5.91 Å². The van der Waals surface area contributed by atoms with Crippen LogP contribution in [0.15, 0.2) is 12.2 Å². The van der Waals surface area contributed by atoms with Gasteiger partial charge in [-0.1, -0.05) is 187 Å². The van der Waals surface area contributed by atoms with E-state index in [1.165, 1.54) is 128 Å². The number of phosphoric ester groups is 1. The first-order valence-corrected chi connectivity index (χ1v) is 24.0.